The van der Waals surface area contributed by atoms with E-state index in [-0.39, 0.29) is 9.79 Å². The Morgan fingerprint density at radius 2 is 1.45 bits per heavy atom. The van der Waals surface area contributed by atoms with Crippen molar-refractivity contribution < 1.29 is 21.6 Å². The molecule has 3 aromatic rings. The van der Waals surface area contributed by atoms with Gasteiger partial charge in [-0.05, 0) is 61.0 Å². The number of nitrogens with one attached hydrogen (secondary N) is 1. The molecule has 0 bridgehead atoms. The zero-order chi connectivity index (χ0) is 24.2. The predicted octanol–water partition coefficient (Wildman–Crippen LogP) is 3.93. The molecule has 0 saturated carbocycles. The van der Waals surface area contributed by atoms with Crippen LogP contribution in [0.25, 0.3) is 0 Å². The molecule has 10 heteroatoms. The molecular formula is C23H23BrN2O5S2. The number of carbonyl (C=O) groups is 1. The van der Waals surface area contributed by atoms with Crippen molar-refractivity contribution in [3.8, 4) is 0 Å². The van der Waals surface area contributed by atoms with Gasteiger partial charge < -0.3 is 5.32 Å². The van der Waals surface area contributed by atoms with Crippen LogP contribution in [0.15, 0.2) is 93.1 Å². The first kappa shape index (κ1) is 24.9. The van der Waals surface area contributed by atoms with Gasteiger partial charge in [0, 0.05) is 10.7 Å². The van der Waals surface area contributed by atoms with E-state index < -0.39 is 38.4 Å². The van der Waals surface area contributed by atoms with Gasteiger partial charge in [0.2, 0.25) is 5.91 Å². The molecule has 0 aromatic heterocycles. The molecule has 33 heavy (non-hydrogen) atoms. The molecule has 1 atom stereocenters. The lowest BCUT2D eigenvalue weighted by molar-refractivity contribution is -0.120. The number of rotatable bonds is 8. The van der Waals surface area contributed by atoms with E-state index in [2.05, 4.69) is 21.2 Å². The summed E-state index contributed by atoms with van der Waals surface area (Å²) in [5, 5.41) is 2.79. The fourth-order valence-corrected chi connectivity index (χ4v) is 5.48. The van der Waals surface area contributed by atoms with Gasteiger partial charge in [0.05, 0.1) is 21.5 Å². The van der Waals surface area contributed by atoms with Gasteiger partial charge in [-0.15, -0.1) is 0 Å². The summed E-state index contributed by atoms with van der Waals surface area (Å²) in [4.78, 5) is 13.1. The number of nitrogens with zero attached hydrogens (tertiary/aromatic N) is 1. The number of sulfonamides is 1. The average Bonchev–Trinajstić information content (AvgIpc) is 2.78. The van der Waals surface area contributed by atoms with Gasteiger partial charge in [-0.2, -0.15) is 0 Å². The van der Waals surface area contributed by atoms with Crippen LogP contribution < -0.4 is 9.62 Å². The molecule has 3 aromatic carbocycles. The number of hydrogen-bond donors (Lipinski definition) is 1. The quantitative estimate of drug-likeness (QED) is 0.458. The van der Waals surface area contributed by atoms with Gasteiger partial charge in [0.15, 0.2) is 9.84 Å². The normalized spacial score (nSPS) is 12.7. The van der Waals surface area contributed by atoms with Crippen LogP contribution in [0.5, 0.6) is 0 Å². The van der Waals surface area contributed by atoms with Crippen LogP contribution >= 0.6 is 15.9 Å². The van der Waals surface area contributed by atoms with Gasteiger partial charge in [-0.3, -0.25) is 9.10 Å². The lowest BCUT2D eigenvalue weighted by Gasteiger charge is -2.25. The molecule has 1 N–H and O–H groups in total. The maximum atomic E-state index is 13.3. The summed E-state index contributed by atoms with van der Waals surface area (Å²) in [5.41, 5.74) is 1.04. The number of hydrogen-bond acceptors (Lipinski definition) is 5. The van der Waals surface area contributed by atoms with Crippen LogP contribution in [-0.2, 0) is 24.7 Å². The molecule has 0 aliphatic rings. The summed E-state index contributed by atoms with van der Waals surface area (Å²) in [7, 11) is -7.32. The van der Waals surface area contributed by atoms with E-state index in [1.54, 1.807) is 61.5 Å². The zero-order valence-corrected chi connectivity index (χ0v) is 21.2. The molecule has 0 radical (unpaired) electrons. The third kappa shape index (κ3) is 6.21. The van der Waals surface area contributed by atoms with Gasteiger partial charge in [0.25, 0.3) is 10.0 Å². The SMILES string of the molecule is C[C@@H](NC(=O)CN(c1ccc(Br)cc1)S(=O)(=O)c1ccccc1)c1ccc(S(C)(=O)=O)cc1. The molecule has 3 rings (SSSR count). The summed E-state index contributed by atoms with van der Waals surface area (Å²) in [6.07, 6.45) is 1.12. The molecule has 0 aliphatic carbocycles. The van der Waals surface area contributed by atoms with E-state index >= 15 is 0 Å². The summed E-state index contributed by atoms with van der Waals surface area (Å²) >= 11 is 3.33. The summed E-state index contributed by atoms with van der Waals surface area (Å²) < 4.78 is 51.8. The molecule has 0 unspecified atom stereocenters. The van der Waals surface area contributed by atoms with E-state index in [9.17, 15) is 21.6 Å². The van der Waals surface area contributed by atoms with E-state index in [0.29, 0.717) is 11.3 Å². The smallest absolute Gasteiger partial charge is 0.264 e. The van der Waals surface area contributed by atoms with Crippen molar-refractivity contribution >= 4 is 47.4 Å². The maximum Gasteiger partial charge on any atom is 0.264 e. The standard InChI is InChI=1S/C23H23BrN2O5S2/c1-17(18-8-14-21(15-9-18)32(2,28)29)25-23(27)16-26(20-12-10-19(24)11-13-20)33(30,31)22-6-4-3-5-7-22/h3-15,17H,16H2,1-2H3,(H,25,27)/t17-/m1/s1. The van der Waals surface area contributed by atoms with Crippen LogP contribution in [-0.4, -0.2) is 35.5 Å². The fourth-order valence-electron chi connectivity index (χ4n) is 3.15. The fraction of sp³-hybridized carbons (Fsp3) is 0.174. The highest BCUT2D eigenvalue weighted by atomic mass is 79.9. The van der Waals surface area contributed by atoms with Crippen molar-refractivity contribution in [2.45, 2.75) is 22.8 Å². The van der Waals surface area contributed by atoms with Gasteiger partial charge >= 0.3 is 0 Å². The topological polar surface area (TPSA) is 101 Å². The third-order valence-electron chi connectivity index (χ3n) is 4.92. The van der Waals surface area contributed by atoms with Crippen LogP contribution in [0.4, 0.5) is 5.69 Å². The van der Waals surface area contributed by atoms with Crippen molar-refractivity contribution in [2.24, 2.45) is 0 Å². The van der Waals surface area contributed by atoms with E-state index in [1.807, 2.05) is 0 Å². The van der Waals surface area contributed by atoms with Crippen molar-refractivity contribution in [1.82, 2.24) is 5.32 Å². The Hall–Kier alpha value is -2.69. The summed E-state index contributed by atoms with van der Waals surface area (Å²) in [6.45, 7) is 1.31. The molecule has 1 amide bonds. The zero-order valence-electron chi connectivity index (χ0n) is 18.0. The van der Waals surface area contributed by atoms with Gasteiger partial charge in [-0.1, -0.05) is 46.3 Å². The Kier molecular flexibility index (Phi) is 7.61. The second-order valence-electron chi connectivity index (χ2n) is 7.43. The molecule has 0 aliphatic heterocycles. The Morgan fingerprint density at radius 1 is 0.879 bits per heavy atom. The van der Waals surface area contributed by atoms with E-state index in [4.69, 9.17) is 0 Å². The number of anilines is 1. The second kappa shape index (κ2) is 10.1. The number of amides is 1. The number of sulfone groups is 1. The Bertz CT molecular complexity index is 1330. The number of halogens is 1. The monoisotopic (exact) mass is 550 g/mol. The largest absolute Gasteiger partial charge is 0.348 e. The predicted molar refractivity (Wildman–Crippen MR) is 131 cm³/mol. The first-order valence-electron chi connectivity index (χ1n) is 9.91. The molecule has 0 saturated heterocycles. The molecule has 0 heterocycles. The Morgan fingerprint density at radius 3 is 2.00 bits per heavy atom. The van der Waals surface area contributed by atoms with Crippen LogP contribution in [0.1, 0.15) is 18.5 Å². The molecular weight excluding hydrogens is 528 g/mol. The molecule has 174 valence electrons. The minimum Gasteiger partial charge on any atom is -0.348 e. The average molecular weight is 551 g/mol. The van der Waals surface area contributed by atoms with E-state index in [0.717, 1.165) is 15.0 Å². The minimum absolute atomic E-state index is 0.0742. The molecule has 0 spiro atoms. The van der Waals surface area contributed by atoms with Crippen LogP contribution in [0.3, 0.4) is 0 Å². The maximum absolute atomic E-state index is 13.3. The summed E-state index contributed by atoms with van der Waals surface area (Å²) in [6, 6.07) is 20.3. The Labute approximate surface area is 202 Å². The first-order chi connectivity index (χ1) is 15.5. The minimum atomic E-state index is -3.99. The van der Waals surface area contributed by atoms with Crippen LogP contribution in [0.2, 0.25) is 0 Å². The highest BCUT2D eigenvalue weighted by Gasteiger charge is 2.27. The van der Waals surface area contributed by atoms with Crippen molar-refractivity contribution in [1.29, 1.82) is 0 Å². The first-order valence-corrected chi connectivity index (χ1v) is 14.0. The van der Waals surface area contributed by atoms with Gasteiger partial charge in [-0.25, -0.2) is 16.8 Å². The molecule has 7 nitrogen and oxygen atoms in total. The molecule has 0 fully saturated rings. The lowest BCUT2D eigenvalue weighted by Crippen LogP contribution is -2.41. The van der Waals surface area contributed by atoms with Crippen LogP contribution in [0, 0.1) is 0 Å². The van der Waals surface area contributed by atoms with Crippen molar-refractivity contribution in [3.05, 3.63) is 88.9 Å². The number of benzene rings is 3. The lowest BCUT2D eigenvalue weighted by atomic mass is 10.1. The van der Waals surface area contributed by atoms with Gasteiger partial charge in [0.1, 0.15) is 6.54 Å². The van der Waals surface area contributed by atoms with Crippen molar-refractivity contribution in [3.63, 3.8) is 0 Å². The van der Waals surface area contributed by atoms with Crippen molar-refractivity contribution in [2.75, 3.05) is 17.1 Å². The third-order valence-corrected chi connectivity index (χ3v) is 8.36. The van der Waals surface area contributed by atoms with E-state index in [1.165, 1.54) is 24.3 Å². The number of carbonyl (C=O) groups excluding carboxylic acids is 1. The highest BCUT2D eigenvalue weighted by Crippen LogP contribution is 2.25. The second-order valence-corrected chi connectivity index (χ2v) is 12.2. The summed E-state index contributed by atoms with van der Waals surface area (Å²) in [5.74, 6) is -0.503. The highest BCUT2D eigenvalue weighted by molar-refractivity contribution is 9.10. The Balaban J connectivity index is 1.84.